The lowest BCUT2D eigenvalue weighted by Crippen LogP contribution is -2.36. The molecule has 2 aliphatic rings. The van der Waals surface area contributed by atoms with Gasteiger partial charge in [-0.05, 0) is 56.2 Å². The number of rotatable bonds is 7. The fraction of sp³-hybridized carbons (Fsp3) is 0.500. The summed E-state index contributed by atoms with van der Waals surface area (Å²) < 4.78 is 34.5. The Morgan fingerprint density at radius 3 is 2.37 bits per heavy atom. The van der Waals surface area contributed by atoms with Crippen LogP contribution in [0.15, 0.2) is 23.9 Å². The minimum absolute atomic E-state index is 0.0425. The average Bonchev–Trinajstić information content (AvgIpc) is 3.54. The first kappa shape index (κ1) is 21.9. The molecule has 1 amide bonds. The third-order valence-corrected chi connectivity index (χ3v) is 5.49. The summed E-state index contributed by atoms with van der Waals surface area (Å²) in [5, 5.41) is 2.92. The number of carbonyl (C=O) groups is 3. The molecule has 8 heteroatoms. The van der Waals surface area contributed by atoms with Crippen LogP contribution < -0.4 is 5.32 Å². The van der Waals surface area contributed by atoms with Gasteiger partial charge in [0.2, 0.25) is 11.7 Å². The number of nitrogens with zero attached hydrogens (tertiary/aromatic N) is 1. The monoisotopic (exact) mass is 420 g/mol. The maximum Gasteiger partial charge on any atom is 0.343 e. The highest BCUT2D eigenvalue weighted by atomic mass is 19.1. The molecule has 0 aromatic heterocycles. The van der Waals surface area contributed by atoms with Gasteiger partial charge in [0.1, 0.15) is 17.2 Å². The fourth-order valence-corrected chi connectivity index (χ4v) is 3.58. The van der Waals surface area contributed by atoms with Gasteiger partial charge in [-0.25, -0.2) is 13.6 Å². The Morgan fingerprint density at radius 2 is 1.80 bits per heavy atom. The van der Waals surface area contributed by atoms with Crippen LogP contribution in [0.5, 0.6) is 0 Å². The molecule has 1 aromatic carbocycles. The number of amides is 1. The summed E-state index contributed by atoms with van der Waals surface area (Å²) in [7, 11) is 0. The summed E-state index contributed by atoms with van der Waals surface area (Å²) in [4.78, 5) is 38.1. The van der Waals surface area contributed by atoms with E-state index in [1.165, 1.54) is 13.1 Å². The van der Waals surface area contributed by atoms with E-state index in [-0.39, 0.29) is 35.6 Å². The molecular weight excluding hydrogens is 394 g/mol. The maximum absolute atomic E-state index is 14.8. The Labute approximate surface area is 174 Å². The zero-order valence-corrected chi connectivity index (χ0v) is 17.2. The zero-order valence-electron chi connectivity index (χ0n) is 17.2. The van der Waals surface area contributed by atoms with E-state index < -0.39 is 29.0 Å². The normalized spacial score (nSPS) is 17.6. The number of nitrogens with one attached hydrogen (secondary N) is 1. The molecule has 162 valence electrons. The molecule has 1 saturated carbocycles. The van der Waals surface area contributed by atoms with Gasteiger partial charge >= 0.3 is 5.97 Å². The van der Waals surface area contributed by atoms with Gasteiger partial charge in [0, 0.05) is 32.3 Å². The molecular formula is C22H26F2N2O4. The molecule has 1 saturated heterocycles. The molecule has 1 N–H and O–H groups in total. The predicted molar refractivity (Wildman–Crippen MR) is 106 cm³/mol. The summed E-state index contributed by atoms with van der Waals surface area (Å²) in [6.07, 6.45) is 4.10. The topological polar surface area (TPSA) is 75.7 Å². The van der Waals surface area contributed by atoms with Crippen LogP contribution >= 0.6 is 0 Å². The summed E-state index contributed by atoms with van der Waals surface area (Å²) >= 11 is 0. The van der Waals surface area contributed by atoms with E-state index in [1.54, 1.807) is 11.8 Å². The molecule has 0 bridgehead atoms. The Hall–Kier alpha value is -2.77. The van der Waals surface area contributed by atoms with Crippen molar-refractivity contribution in [2.45, 2.75) is 51.5 Å². The van der Waals surface area contributed by atoms with Gasteiger partial charge in [-0.15, -0.1) is 0 Å². The fourth-order valence-electron chi connectivity index (χ4n) is 3.58. The molecule has 1 heterocycles. The minimum Gasteiger partial charge on any atom is -0.462 e. The Kier molecular flexibility index (Phi) is 6.84. The van der Waals surface area contributed by atoms with Gasteiger partial charge in [-0.3, -0.25) is 9.59 Å². The van der Waals surface area contributed by atoms with Crippen molar-refractivity contribution in [3.05, 3.63) is 46.7 Å². The third kappa shape index (κ3) is 5.04. The lowest BCUT2D eigenvalue weighted by Gasteiger charge is -2.31. The van der Waals surface area contributed by atoms with Gasteiger partial charge in [0.05, 0.1) is 12.2 Å². The average molecular weight is 420 g/mol. The lowest BCUT2D eigenvalue weighted by atomic mass is 9.87. The first-order valence-electron chi connectivity index (χ1n) is 10.2. The standard InChI is InChI=1S/C22H26F2N2O4/c1-3-30-22(29)18(12-25-15-4-5-15)21(28)17-11-19(23)16(10-20(17)24)14-6-8-26(9-7-14)13(2)27/h10-12,14-15,25H,3-9H2,1-2H3. The first-order valence-corrected chi connectivity index (χ1v) is 10.2. The first-order chi connectivity index (χ1) is 14.3. The van der Waals surface area contributed by atoms with E-state index in [2.05, 4.69) is 5.32 Å². The van der Waals surface area contributed by atoms with Crippen molar-refractivity contribution in [1.29, 1.82) is 0 Å². The molecule has 1 aliphatic heterocycles. The number of ketones is 1. The molecule has 30 heavy (non-hydrogen) atoms. The van der Waals surface area contributed by atoms with Crippen molar-refractivity contribution in [2.75, 3.05) is 19.7 Å². The molecule has 1 aliphatic carbocycles. The number of esters is 1. The van der Waals surface area contributed by atoms with E-state index in [0.717, 1.165) is 25.0 Å². The minimum atomic E-state index is -0.920. The van der Waals surface area contributed by atoms with E-state index in [0.29, 0.717) is 25.9 Å². The highest BCUT2D eigenvalue weighted by Crippen LogP contribution is 2.32. The molecule has 0 spiro atoms. The van der Waals surface area contributed by atoms with E-state index in [9.17, 15) is 23.2 Å². The molecule has 1 aromatic rings. The van der Waals surface area contributed by atoms with Crippen LogP contribution in [-0.2, 0) is 14.3 Å². The van der Waals surface area contributed by atoms with Gasteiger partial charge < -0.3 is 15.0 Å². The van der Waals surface area contributed by atoms with Crippen LogP contribution in [0, 0.1) is 11.6 Å². The summed E-state index contributed by atoms with van der Waals surface area (Å²) in [5.74, 6) is -3.66. The second-order valence-electron chi connectivity index (χ2n) is 7.68. The summed E-state index contributed by atoms with van der Waals surface area (Å²) in [5.41, 5.74) is -0.677. The molecule has 0 unspecified atom stereocenters. The molecule has 0 radical (unpaired) electrons. The largest absolute Gasteiger partial charge is 0.462 e. The predicted octanol–water partition coefficient (Wildman–Crippen LogP) is 3.07. The van der Waals surface area contributed by atoms with Gasteiger partial charge in [-0.1, -0.05) is 0 Å². The van der Waals surface area contributed by atoms with Gasteiger partial charge in [0.15, 0.2) is 0 Å². The van der Waals surface area contributed by atoms with Crippen LogP contribution in [0.1, 0.15) is 61.4 Å². The van der Waals surface area contributed by atoms with E-state index in [1.807, 2.05) is 0 Å². The van der Waals surface area contributed by atoms with Crippen LogP contribution in [0.2, 0.25) is 0 Å². The maximum atomic E-state index is 14.8. The number of hydrogen-bond acceptors (Lipinski definition) is 5. The molecule has 0 atom stereocenters. The van der Waals surface area contributed by atoms with Crippen molar-refractivity contribution >= 4 is 17.7 Å². The number of piperidine rings is 1. The second-order valence-corrected chi connectivity index (χ2v) is 7.68. The number of carbonyl (C=O) groups excluding carboxylic acids is 3. The van der Waals surface area contributed by atoms with Crippen molar-refractivity contribution in [1.82, 2.24) is 10.2 Å². The van der Waals surface area contributed by atoms with Crippen LogP contribution in [-0.4, -0.2) is 48.3 Å². The van der Waals surface area contributed by atoms with Crippen molar-refractivity contribution in [3.8, 4) is 0 Å². The van der Waals surface area contributed by atoms with Crippen LogP contribution in [0.25, 0.3) is 0 Å². The SMILES string of the molecule is CCOC(=O)C(=CNC1CC1)C(=O)c1cc(F)c(C2CCN(C(C)=O)CC2)cc1F. The molecule has 3 rings (SSSR count). The van der Waals surface area contributed by atoms with Gasteiger partial charge in [-0.2, -0.15) is 0 Å². The number of benzene rings is 1. The Balaban J connectivity index is 1.82. The highest BCUT2D eigenvalue weighted by Gasteiger charge is 2.29. The smallest absolute Gasteiger partial charge is 0.343 e. The van der Waals surface area contributed by atoms with Crippen molar-refractivity contribution in [3.63, 3.8) is 0 Å². The number of likely N-dealkylation sites (tertiary alicyclic amines) is 1. The summed E-state index contributed by atoms with van der Waals surface area (Å²) in [6.45, 7) is 4.09. The van der Waals surface area contributed by atoms with E-state index in [4.69, 9.17) is 4.74 Å². The van der Waals surface area contributed by atoms with Gasteiger partial charge in [0.25, 0.3) is 0 Å². The summed E-state index contributed by atoms with van der Waals surface area (Å²) in [6, 6.07) is 2.06. The number of Topliss-reactive ketones (excluding diaryl/α,β-unsaturated/α-hetero) is 1. The molecule has 6 nitrogen and oxygen atoms in total. The quantitative estimate of drug-likeness (QED) is 0.241. The number of halogens is 2. The van der Waals surface area contributed by atoms with Crippen molar-refractivity contribution < 1.29 is 27.9 Å². The zero-order chi connectivity index (χ0) is 21.8. The number of ether oxygens (including phenoxy) is 1. The lowest BCUT2D eigenvalue weighted by molar-refractivity contribution is -0.138. The Bertz CT molecular complexity index is 872. The van der Waals surface area contributed by atoms with Crippen molar-refractivity contribution in [2.24, 2.45) is 0 Å². The third-order valence-electron chi connectivity index (χ3n) is 5.49. The van der Waals surface area contributed by atoms with E-state index >= 15 is 0 Å². The van der Waals surface area contributed by atoms with Crippen LogP contribution in [0.4, 0.5) is 8.78 Å². The second kappa shape index (κ2) is 9.36. The highest BCUT2D eigenvalue weighted by molar-refractivity contribution is 6.24. The Morgan fingerprint density at radius 1 is 1.13 bits per heavy atom. The van der Waals surface area contributed by atoms with Crippen LogP contribution in [0.3, 0.4) is 0 Å². The molecule has 2 fully saturated rings. The number of hydrogen-bond donors (Lipinski definition) is 1.